The van der Waals surface area contributed by atoms with E-state index in [4.69, 9.17) is 0 Å². The van der Waals surface area contributed by atoms with E-state index >= 15 is 0 Å². The normalized spacial score (nSPS) is 22.8. The van der Waals surface area contributed by atoms with Gasteiger partial charge < -0.3 is 5.32 Å². The van der Waals surface area contributed by atoms with E-state index in [1.807, 2.05) is 11.3 Å². The van der Waals surface area contributed by atoms with Crippen molar-refractivity contribution in [1.82, 2.24) is 10.2 Å². The number of thiophene rings is 1. The molecule has 2 unspecified atom stereocenters. The first kappa shape index (κ1) is 12.1. The van der Waals surface area contributed by atoms with Crippen LogP contribution in [0.25, 0.3) is 0 Å². The lowest BCUT2D eigenvalue weighted by atomic mass is 10.1. The van der Waals surface area contributed by atoms with Gasteiger partial charge in [0.1, 0.15) is 0 Å². The molecule has 90 valence electrons. The van der Waals surface area contributed by atoms with Crippen LogP contribution in [0.4, 0.5) is 0 Å². The average molecular weight is 238 g/mol. The number of hydrogen-bond acceptors (Lipinski definition) is 3. The molecule has 0 bridgehead atoms. The second-order valence-corrected chi connectivity index (χ2v) is 5.40. The lowest BCUT2D eigenvalue weighted by molar-refractivity contribution is 0.149. The Morgan fingerprint density at radius 3 is 2.94 bits per heavy atom. The number of nitrogens with one attached hydrogen (secondary N) is 1. The zero-order chi connectivity index (χ0) is 11.4. The molecule has 0 aliphatic carbocycles. The number of likely N-dealkylation sites (N-methyl/N-ethyl adjacent to an activating group) is 1. The summed E-state index contributed by atoms with van der Waals surface area (Å²) in [6.45, 7) is 8.09. The lowest BCUT2D eigenvalue weighted by Crippen LogP contribution is -2.39. The van der Waals surface area contributed by atoms with Gasteiger partial charge in [-0.05, 0) is 37.4 Å². The maximum atomic E-state index is 3.47. The molecule has 0 radical (unpaired) electrons. The molecular weight excluding hydrogens is 216 g/mol. The third-order valence-electron chi connectivity index (χ3n) is 3.53. The summed E-state index contributed by atoms with van der Waals surface area (Å²) in [4.78, 5) is 4.20. The molecule has 1 aromatic rings. The summed E-state index contributed by atoms with van der Waals surface area (Å²) in [7, 11) is 0. The molecule has 2 atom stereocenters. The molecule has 3 heteroatoms. The monoisotopic (exact) mass is 238 g/mol. The Labute approximate surface area is 103 Å². The van der Waals surface area contributed by atoms with E-state index in [0.29, 0.717) is 6.04 Å². The molecule has 16 heavy (non-hydrogen) atoms. The van der Waals surface area contributed by atoms with E-state index < -0.39 is 0 Å². The zero-order valence-corrected chi connectivity index (χ0v) is 11.1. The minimum Gasteiger partial charge on any atom is -0.315 e. The molecule has 2 rings (SSSR count). The van der Waals surface area contributed by atoms with Crippen molar-refractivity contribution in [3.8, 4) is 0 Å². The van der Waals surface area contributed by atoms with Gasteiger partial charge in [0.2, 0.25) is 0 Å². The predicted molar refractivity (Wildman–Crippen MR) is 71.0 cm³/mol. The van der Waals surface area contributed by atoms with Gasteiger partial charge in [-0.1, -0.05) is 19.9 Å². The van der Waals surface area contributed by atoms with Crippen LogP contribution in [0.1, 0.15) is 37.6 Å². The molecule has 1 aliphatic rings. The van der Waals surface area contributed by atoms with Crippen LogP contribution in [0, 0.1) is 0 Å². The van der Waals surface area contributed by atoms with Crippen molar-refractivity contribution in [2.24, 2.45) is 0 Å². The molecule has 2 nitrogen and oxygen atoms in total. The van der Waals surface area contributed by atoms with Gasteiger partial charge in [0.05, 0.1) is 0 Å². The first-order chi connectivity index (χ1) is 7.86. The van der Waals surface area contributed by atoms with Gasteiger partial charge in [0.25, 0.3) is 0 Å². The molecule has 1 N–H and O–H groups in total. The molecule has 0 spiro atoms. The minimum absolute atomic E-state index is 0.620. The quantitative estimate of drug-likeness (QED) is 0.848. The summed E-state index contributed by atoms with van der Waals surface area (Å²) in [6, 6.07) is 5.81. The van der Waals surface area contributed by atoms with E-state index in [1.165, 1.54) is 24.3 Å². The highest BCUT2D eigenvalue weighted by molar-refractivity contribution is 7.10. The van der Waals surface area contributed by atoms with Crippen LogP contribution in [0.15, 0.2) is 17.5 Å². The van der Waals surface area contributed by atoms with E-state index in [2.05, 4.69) is 41.6 Å². The van der Waals surface area contributed by atoms with Crippen LogP contribution in [0.5, 0.6) is 0 Å². The number of nitrogens with zero attached hydrogens (tertiary/aromatic N) is 1. The Bertz CT molecular complexity index is 291. The molecule has 1 saturated heterocycles. The Balaban J connectivity index is 2.11. The second kappa shape index (κ2) is 5.80. The highest BCUT2D eigenvalue weighted by Crippen LogP contribution is 2.30. The predicted octanol–water partition coefficient (Wildman–Crippen LogP) is 2.88. The van der Waals surface area contributed by atoms with Crippen LogP contribution in [-0.2, 0) is 0 Å². The molecule has 0 amide bonds. The molecule has 2 heterocycles. The summed E-state index contributed by atoms with van der Waals surface area (Å²) in [5.74, 6) is 0. The molecule has 0 saturated carbocycles. The molecule has 1 aliphatic heterocycles. The molecule has 1 aromatic heterocycles. The molecular formula is C13H22N2S. The van der Waals surface area contributed by atoms with Gasteiger partial charge in [0.15, 0.2) is 0 Å². The fraction of sp³-hybridized carbons (Fsp3) is 0.692. The van der Waals surface area contributed by atoms with Crippen LogP contribution < -0.4 is 5.32 Å². The van der Waals surface area contributed by atoms with Crippen molar-refractivity contribution in [1.29, 1.82) is 0 Å². The molecule has 0 aromatic carbocycles. The van der Waals surface area contributed by atoms with Crippen LogP contribution >= 0.6 is 11.3 Å². The third kappa shape index (κ3) is 2.47. The minimum atomic E-state index is 0.620. The Hall–Kier alpha value is -0.380. The van der Waals surface area contributed by atoms with Gasteiger partial charge in [-0.3, -0.25) is 4.90 Å². The van der Waals surface area contributed by atoms with E-state index in [-0.39, 0.29) is 0 Å². The maximum Gasteiger partial charge on any atom is 0.0442 e. The van der Waals surface area contributed by atoms with Crippen molar-refractivity contribution in [2.45, 2.75) is 38.8 Å². The maximum absolute atomic E-state index is 3.47. The van der Waals surface area contributed by atoms with E-state index in [1.54, 1.807) is 0 Å². The van der Waals surface area contributed by atoms with Gasteiger partial charge in [-0.25, -0.2) is 0 Å². The van der Waals surface area contributed by atoms with Crippen LogP contribution in [0.3, 0.4) is 0 Å². The highest BCUT2D eigenvalue weighted by Gasteiger charge is 2.27. The number of rotatable bonds is 5. The second-order valence-electron chi connectivity index (χ2n) is 4.42. The van der Waals surface area contributed by atoms with Crippen molar-refractivity contribution in [2.75, 3.05) is 19.6 Å². The van der Waals surface area contributed by atoms with E-state index in [0.717, 1.165) is 19.1 Å². The van der Waals surface area contributed by atoms with Crippen molar-refractivity contribution in [3.63, 3.8) is 0 Å². The van der Waals surface area contributed by atoms with E-state index in [9.17, 15) is 0 Å². The van der Waals surface area contributed by atoms with Crippen LogP contribution in [-0.4, -0.2) is 30.6 Å². The van der Waals surface area contributed by atoms with Gasteiger partial charge in [-0.15, -0.1) is 11.3 Å². The van der Waals surface area contributed by atoms with Crippen molar-refractivity contribution >= 4 is 11.3 Å². The van der Waals surface area contributed by atoms with Crippen LogP contribution in [0.2, 0.25) is 0 Å². The SMILES string of the molecule is CCC(c1cccs1)N(CC)C1CCNC1. The smallest absolute Gasteiger partial charge is 0.0442 e. The summed E-state index contributed by atoms with van der Waals surface area (Å²) in [5, 5.41) is 5.67. The first-order valence-electron chi connectivity index (χ1n) is 6.36. The zero-order valence-electron chi connectivity index (χ0n) is 10.3. The lowest BCUT2D eigenvalue weighted by Gasteiger charge is -2.34. The highest BCUT2D eigenvalue weighted by atomic mass is 32.1. The Morgan fingerprint density at radius 1 is 1.56 bits per heavy atom. The van der Waals surface area contributed by atoms with Crippen molar-refractivity contribution in [3.05, 3.63) is 22.4 Å². The Kier molecular flexibility index (Phi) is 4.38. The summed E-state index contributed by atoms with van der Waals surface area (Å²) < 4.78 is 0. The van der Waals surface area contributed by atoms with Gasteiger partial charge >= 0.3 is 0 Å². The Morgan fingerprint density at radius 2 is 2.44 bits per heavy atom. The number of hydrogen-bond donors (Lipinski definition) is 1. The van der Waals surface area contributed by atoms with Gasteiger partial charge in [-0.2, -0.15) is 0 Å². The topological polar surface area (TPSA) is 15.3 Å². The van der Waals surface area contributed by atoms with Gasteiger partial charge in [0, 0.05) is 23.5 Å². The fourth-order valence-electron chi connectivity index (χ4n) is 2.74. The van der Waals surface area contributed by atoms with Crippen molar-refractivity contribution < 1.29 is 0 Å². The molecule has 1 fully saturated rings. The largest absolute Gasteiger partial charge is 0.315 e. The standard InChI is InChI=1S/C13H22N2S/c1-3-12(13-6-5-9-16-13)15(4-2)11-7-8-14-10-11/h5-6,9,11-12,14H,3-4,7-8,10H2,1-2H3. The average Bonchev–Trinajstić information content (AvgIpc) is 2.97. The fourth-order valence-corrected chi connectivity index (χ4v) is 3.67. The summed E-state index contributed by atoms with van der Waals surface area (Å²) >= 11 is 1.90. The summed E-state index contributed by atoms with van der Waals surface area (Å²) in [5.41, 5.74) is 0. The first-order valence-corrected chi connectivity index (χ1v) is 7.24. The summed E-state index contributed by atoms with van der Waals surface area (Å²) in [6.07, 6.45) is 2.51. The third-order valence-corrected chi connectivity index (χ3v) is 4.50.